The monoisotopic (exact) mass is 198 g/mol. The van der Waals surface area contributed by atoms with E-state index in [1.807, 2.05) is 0 Å². The van der Waals surface area contributed by atoms with Gasteiger partial charge in [-0.3, -0.25) is 0 Å². The van der Waals surface area contributed by atoms with Gasteiger partial charge in [-0.05, 0) is 0 Å². The predicted molar refractivity (Wildman–Crippen MR) is 42.1 cm³/mol. The van der Waals surface area contributed by atoms with Crippen LogP contribution in [0.2, 0.25) is 0 Å². The molecule has 1 aromatic heterocycles. The number of fused-ring (bicyclic) bond motifs is 1. The van der Waals surface area contributed by atoms with Crippen LogP contribution in [-0.2, 0) is 7.05 Å². The summed E-state index contributed by atoms with van der Waals surface area (Å²) in [6.07, 6.45) is 0. The van der Waals surface area contributed by atoms with Crippen molar-refractivity contribution in [1.82, 2.24) is 0 Å². The molecule has 1 heterocycles. The summed E-state index contributed by atoms with van der Waals surface area (Å²) in [6, 6.07) is 8.56. The molecule has 0 radical (unpaired) electrons. The maximum atomic E-state index is 2.26. The van der Waals surface area contributed by atoms with E-state index in [1.54, 1.807) is 0 Å². The van der Waals surface area contributed by atoms with Crippen molar-refractivity contribution in [3.8, 4) is 0 Å². The van der Waals surface area contributed by atoms with Crippen molar-refractivity contribution in [2.24, 2.45) is 7.05 Å². The Bertz CT molecular complexity index is 351. The number of aromatic nitrogens is 1. The van der Waals surface area contributed by atoms with Gasteiger partial charge in [0, 0.05) is 0 Å². The minimum atomic E-state index is 0.575. The van der Waals surface area contributed by atoms with E-state index in [4.69, 9.17) is 0 Å². The number of hydrogen-bond acceptors (Lipinski definition) is 0. The molecule has 0 saturated carbocycles. The van der Waals surface area contributed by atoms with Crippen molar-refractivity contribution in [2.45, 2.75) is 0 Å². The summed E-state index contributed by atoms with van der Waals surface area (Å²) in [7, 11) is 2.10. The molecule has 0 saturated heterocycles. The molecule has 0 atom stereocenters. The zero-order valence-electron chi connectivity index (χ0n) is 5.74. The Kier molecular flexibility index (Phi) is 1.37. The number of nitrogens with zero attached hydrogens (tertiary/aromatic N) is 1. The summed E-state index contributed by atoms with van der Waals surface area (Å²) in [5.74, 6) is 0. The van der Waals surface area contributed by atoms with Crippen molar-refractivity contribution >= 4 is 24.3 Å². The van der Waals surface area contributed by atoms with Gasteiger partial charge in [0.1, 0.15) is 0 Å². The molecule has 0 fully saturated rings. The molecular formula is C8H8NSe+. The summed E-state index contributed by atoms with van der Waals surface area (Å²) in [5.41, 5.74) is 1.38. The second-order valence-electron chi connectivity index (χ2n) is 2.30. The molecule has 10 heavy (non-hydrogen) atoms. The Labute approximate surface area is 65.7 Å². The topological polar surface area (TPSA) is 3.88 Å². The van der Waals surface area contributed by atoms with Crippen LogP contribution < -0.4 is 4.57 Å². The van der Waals surface area contributed by atoms with Gasteiger partial charge >= 0.3 is 65.2 Å². The molecule has 0 N–H and O–H groups in total. The molecule has 0 spiro atoms. The maximum absolute atomic E-state index is 2.26. The van der Waals surface area contributed by atoms with Crippen molar-refractivity contribution in [3.05, 3.63) is 29.3 Å². The molecule has 2 rings (SSSR count). The normalized spacial score (nSPS) is 10.5. The number of rotatable bonds is 0. The third-order valence-electron chi connectivity index (χ3n) is 1.58. The van der Waals surface area contributed by atoms with Crippen LogP contribution in [0.3, 0.4) is 0 Å². The summed E-state index contributed by atoms with van der Waals surface area (Å²) in [4.78, 5) is 0. The second kappa shape index (κ2) is 2.22. The van der Waals surface area contributed by atoms with Crippen molar-refractivity contribution in [2.75, 3.05) is 0 Å². The number of benzene rings is 1. The van der Waals surface area contributed by atoms with Crippen LogP contribution in [0.5, 0.6) is 0 Å². The van der Waals surface area contributed by atoms with E-state index in [-0.39, 0.29) is 0 Å². The zero-order valence-corrected chi connectivity index (χ0v) is 7.46. The molecular weight excluding hydrogens is 189 g/mol. The van der Waals surface area contributed by atoms with Crippen molar-refractivity contribution in [1.29, 1.82) is 0 Å². The number of para-hydroxylation sites is 1. The molecule has 1 aromatic carbocycles. The van der Waals surface area contributed by atoms with Crippen LogP contribution in [0.25, 0.3) is 9.78 Å². The van der Waals surface area contributed by atoms with Crippen LogP contribution in [0, 0.1) is 0 Å². The molecule has 0 aliphatic rings. The quantitative estimate of drug-likeness (QED) is 0.433. The fourth-order valence-corrected chi connectivity index (χ4v) is 2.88. The predicted octanol–water partition coefficient (Wildman–Crippen LogP) is 0.721. The molecule has 50 valence electrons. The molecule has 0 amide bonds. The Morgan fingerprint density at radius 2 is 2.10 bits per heavy atom. The van der Waals surface area contributed by atoms with Crippen molar-refractivity contribution < 1.29 is 4.57 Å². The Morgan fingerprint density at radius 3 is 2.90 bits per heavy atom. The van der Waals surface area contributed by atoms with Gasteiger partial charge < -0.3 is 0 Å². The first-order valence-corrected chi connectivity index (χ1v) is 5.04. The van der Waals surface area contributed by atoms with Crippen LogP contribution in [-0.4, -0.2) is 14.5 Å². The van der Waals surface area contributed by atoms with Gasteiger partial charge in [-0.25, -0.2) is 0 Å². The van der Waals surface area contributed by atoms with E-state index in [0.29, 0.717) is 14.5 Å². The van der Waals surface area contributed by atoms with Crippen molar-refractivity contribution in [3.63, 3.8) is 0 Å². The van der Waals surface area contributed by atoms with Crippen LogP contribution in [0.4, 0.5) is 0 Å². The van der Waals surface area contributed by atoms with Gasteiger partial charge in [0.25, 0.3) is 0 Å². The SMILES string of the molecule is C[n+]1c[se]c2ccccc21. The minimum absolute atomic E-state index is 0.575. The molecule has 1 nitrogen and oxygen atoms in total. The number of hydrogen-bond donors (Lipinski definition) is 0. The van der Waals surface area contributed by atoms with Gasteiger partial charge in [0.2, 0.25) is 0 Å². The Morgan fingerprint density at radius 1 is 1.30 bits per heavy atom. The zero-order chi connectivity index (χ0) is 6.97. The molecule has 0 aliphatic heterocycles. The average molecular weight is 197 g/mol. The van der Waals surface area contributed by atoms with Gasteiger partial charge in [0.05, 0.1) is 0 Å². The first kappa shape index (κ1) is 6.14. The summed E-state index contributed by atoms with van der Waals surface area (Å²) < 4.78 is 3.70. The average Bonchev–Trinajstić information content (AvgIpc) is 2.34. The Balaban J connectivity index is 2.93. The fourth-order valence-electron chi connectivity index (χ4n) is 1.04. The van der Waals surface area contributed by atoms with Crippen LogP contribution in [0.15, 0.2) is 29.3 Å². The molecule has 2 aromatic rings. The molecule has 0 aliphatic carbocycles. The summed E-state index contributed by atoms with van der Waals surface area (Å²) in [5, 5.41) is 2.26. The number of aryl methyl sites for hydroxylation is 1. The van der Waals surface area contributed by atoms with E-state index in [1.165, 1.54) is 9.78 Å². The molecule has 0 unspecified atom stereocenters. The Hall–Kier alpha value is -0.591. The van der Waals surface area contributed by atoms with Gasteiger partial charge in [0.15, 0.2) is 0 Å². The van der Waals surface area contributed by atoms with E-state index in [9.17, 15) is 0 Å². The molecule has 2 heteroatoms. The third-order valence-corrected chi connectivity index (χ3v) is 3.72. The van der Waals surface area contributed by atoms with Gasteiger partial charge in [-0.1, -0.05) is 0 Å². The van der Waals surface area contributed by atoms with E-state index >= 15 is 0 Å². The van der Waals surface area contributed by atoms with E-state index in [0.717, 1.165) is 0 Å². The second-order valence-corrected chi connectivity index (χ2v) is 4.16. The van der Waals surface area contributed by atoms with Gasteiger partial charge in [-0.2, -0.15) is 0 Å². The molecule has 0 bridgehead atoms. The summed E-state index contributed by atoms with van der Waals surface area (Å²) in [6.45, 7) is 0. The van der Waals surface area contributed by atoms with Crippen LogP contribution >= 0.6 is 0 Å². The van der Waals surface area contributed by atoms with E-state index < -0.39 is 0 Å². The van der Waals surface area contributed by atoms with Gasteiger partial charge in [-0.15, -0.1) is 0 Å². The summed E-state index contributed by atoms with van der Waals surface area (Å²) >= 11 is 0.575. The van der Waals surface area contributed by atoms with Crippen LogP contribution in [0.1, 0.15) is 0 Å². The third kappa shape index (κ3) is 0.808. The first-order chi connectivity index (χ1) is 4.88. The van der Waals surface area contributed by atoms with E-state index in [2.05, 4.69) is 41.0 Å². The fraction of sp³-hybridized carbons (Fsp3) is 0.125. The standard InChI is InChI=1S/C8H8NSe/c1-9-6-10-8-5-3-2-4-7(8)9/h2-6H,1H3/q+1. The first-order valence-electron chi connectivity index (χ1n) is 3.20.